The molecule has 0 fully saturated rings. The smallest absolute Gasteiger partial charge is 0.203 e. The summed E-state index contributed by atoms with van der Waals surface area (Å²) in [6.45, 7) is 10.4. The number of nitrogens with zero attached hydrogens (tertiary/aromatic N) is 4. The van der Waals surface area contributed by atoms with E-state index in [0.717, 1.165) is 0 Å². The average molecular weight is 355 g/mol. The molecule has 1 aliphatic rings. The van der Waals surface area contributed by atoms with Crippen LogP contribution in [0, 0.1) is 18.0 Å². The first-order valence-corrected chi connectivity index (χ1v) is 5.33. The highest BCUT2D eigenvalue weighted by molar-refractivity contribution is 6.56. The fraction of sp³-hybridized carbons (Fsp3) is 0.429. The molecule has 4 nitrogen and oxygen atoms in total. The lowest BCUT2D eigenvalue weighted by Crippen LogP contribution is -2.16. The highest BCUT2D eigenvalue weighted by Gasteiger charge is 2.33. The number of halogens is 4. The third-order valence-corrected chi connectivity index (χ3v) is 2.22. The maximum atomic E-state index is 13.4. The Morgan fingerprint density at radius 1 is 1.00 bits per heavy atom. The molecule has 0 aliphatic heterocycles. The molecule has 0 saturated carbocycles. The van der Waals surface area contributed by atoms with Gasteiger partial charge in [0.25, 0.3) is 0 Å². The normalized spacial score (nSPS) is 15.8. The Hall–Kier alpha value is -1.76. The Labute approximate surface area is 142 Å². The topological polar surface area (TPSA) is 52.9 Å². The first-order valence-electron chi connectivity index (χ1n) is 4.57. The molecule has 0 N–H and O–H groups in total. The molecule has 1 aliphatic carbocycles. The summed E-state index contributed by atoms with van der Waals surface area (Å²) in [6.07, 6.45) is 1.26. The molecule has 0 radical (unpaired) electrons. The molecule has 0 atom stereocenters. The zero-order valence-electron chi connectivity index (χ0n) is 9.30. The summed E-state index contributed by atoms with van der Waals surface area (Å²) >= 11 is 10.8. The third-order valence-electron chi connectivity index (χ3n) is 1.53. The van der Waals surface area contributed by atoms with Gasteiger partial charge >= 0.3 is 0 Å². The van der Waals surface area contributed by atoms with Crippen LogP contribution in [-0.2, 0) is 0 Å². The van der Waals surface area contributed by atoms with Crippen molar-refractivity contribution < 1.29 is 8.78 Å². The molecule has 0 aromatic rings. The van der Waals surface area contributed by atoms with Gasteiger partial charge in [-0.05, 0) is 0 Å². The summed E-state index contributed by atoms with van der Waals surface area (Å²) in [7, 11) is 0. The van der Waals surface area contributed by atoms with Gasteiger partial charge < -0.3 is 0 Å². The van der Waals surface area contributed by atoms with Crippen LogP contribution in [0.15, 0.2) is 31.8 Å². The fourth-order valence-electron chi connectivity index (χ4n) is 0.894. The average Bonchev–Trinajstić information content (AvgIpc) is 2.40. The van der Waals surface area contributed by atoms with Crippen LogP contribution in [0.3, 0.4) is 0 Å². The molecule has 8 heteroatoms. The SMILES string of the molecule is C.C.C.C.CC.[C-]#[N+]/N=C1\C(F)=C(Cl)C(=NC#N)C(F)=C1Cl. The van der Waals surface area contributed by atoms with Crippen LogP contribution in [0.4, 0.5) is 8.78 Å². The molecule has 0 saturated heterocycles. The lowest BCUT2D eigenvalue weighted by Gasteiger charge is -2.10. The predicted molar refractivity (Wildman–Crippen MR) is 93.3 cm³/mol. The van der Waals surface area contributed by atoms with Crippen LogP contribution in [0.25, 0.3) is 4.95 Å². The molecular formula is C14H22Cl2F2N4. The van der Waals surface area contributed by atoms with Gasteiger partial charge in [0.2, 0.25) is 11.9 Å². The van der Waals surface area contributed by atoms with Crippen molar-refractivity contribution in [2.45, 2.75) is 43.6 Å². The van der Waals surface area contributed by atoms with E-state index in [0.29, 0.717) is 0 Å². The number of aliphatic imine (C=N–C) groups is 1. The molecule has 0 bridgehead atoms. The molecular weight excluding hydrogens is 333 g/mol. The van der Waals surface area contributed by atoms with Crippen molar-refractivity contribution in [2.75, 3.05) is 0 Å². The fourth-order valence-corrected chi connectivity index (χ4v) is 1.32. The zero-order valence-corrected chi connectivity index (χ0v) is 10.8. The molecule has 0 unspecified atom stereocenters. The van der Waals surface area contributed by atoms with E-state index in [-0.39, 0.29) is 29.7 Å². The van der Waals surface area contributed by atoms with Gasteiger partial charge in [-0.25, -0.2) is 8.78 Å². The number of rotatable bonds is 0. The lowest BCUT2D eigenvalue weighted by atomic mass is 10.1. The Morgan fingerprint density at radius 2 is 1.36 bits per heavy atom. The standard InChI is InChI=1S/C8Cl2F2N4.C2H6.4CH4/c1-14-16-8-4(10)5(11)7(15-2-13)3(9)6(8)12;1-2;;;;/h;1-2H3;4*1H4/b15-7?,16-8-;;;;;. The molecule has 126 valence electrons. The van der Waals surface area contributed by atoms with Crippen LogP contribution in [-0.4, -0.2) is 11.4 Å². The largest absolute Gasteiger partial charge is 0.206 e. The maximum Gasteiger partial charge on any atom is 0.206 e. The highest BCUT2D eigenvalue weighted by Crippen LogP contribution is 2.32. The maximum absolute atomic E-state index is 13.4. The Bertz CT molecular complexity index is 472. The van der Waals surface area contributed by atoms with Gasteiger partial charge in [-0.3, -0.25) is 0 Å². The molecule has 0 amide bonds. The van der Waals surface area contributed by atoms with Crippen molar-refractivity contribution in [3.8, 4) is 6.19 Å². The summed E-state index contributed by atoms with van der Waals surface area (Å²) in [4.78, 5) is 5.50. The zero-order chi connectivity index (χ0) is 14.3. The minimum Gasteiger partial charge on any atom is -0.203 e. The van der Waals surface area contributed by atoms with Gasteiger partial charge in [0.1, 0.15) is 15.8 Å². The van der Waals surface area contributed by atoms with Crippen molar-refractivity contribution in [1.29, 1.82) is 5.26 Å². The number of nitriles is 1. The third kappa shape index (κ3) is 6.80. The Morgan fingerprint density at radius 3 is 1.73 bits per heavy atom. The van der Waals surface area contributed by atoms with E-state index in [9.17, 15) is 8.78 Å². The Balaban J connectivity index is -0.000000154. The van der Waals surface area contributed by atoms with Crippen molar-refractivity contribution in [3.05, 3.63) is 33.2 Å². The number of hydrogen-bond donors (Lipinski definition) is 0. The summed E-state index contributed by atoms with van der Waals surface area (Å²) in [5, 5.41) is 9.72. The van der Waals surface area contributed by atoms with E-state index in [1.165, 1.54) is 6.19 Å². The molecule has 1 rings (SSSR count). The van der Waals surface area contributed by atoms with Crippen LogP contribution >= 0.6 is 23.2 Å². The molecule has 0 heterocycles. The van der Waals surface area contributed by atoms with E-state index in [1.807, 2.05) is 13.8 Å². The summed E-state index contributed by atoms with van der Waals surface area (Å²) in [5.74, 6) is -2.39. The summed E-state index contributed by atoms with van der Waals surface area (Å²) < 4.78 is 26.8. The van der Waals surface area contributed by atoms with Gasteiger partial charge in [0.05, 0.1) is 5.10 Å². The highest BCUT2D eigenvalue weighted by atomic mass is 35.5. The predicted octanol–water partition coefficient (Wildman–Crippen LogP) is 6.61. The van der Waals surface area contributed by atoms with Crippen LogP contribution in [0.2, 0.25) is 0 Å². The van der Waals surface area contributed by atoms with Gasteiger partial charge in [-0.2, -0.15) is 16.8 Å². The lowest BCUT2D eigenvalue weighted by molar-refractivity contribution is 0.658. The first kappa shape index (κ1) is 32.3. The second kappa shape index (κ2) is 15.6. The summed E-state index contributed by atoms with van der Waals surface area (Å²) in [6, 6.07) is 0. The van der Waals surface area contributed by atoms with Gasteiger partial charge in [0.15, 0.2) is 11.7 Å². The number of hydrogen-bond acceptors (Lipinski definition) is 3. The van der Waals surface area contributed by atoms with Gasteiger partial charge in [-0.1, -0.05) is 66.8 Å². The minimum absolute atomic E-state index is 0. The molecule has 0 aromatic carbocycles. The van der Waals surface area contributed by atoms with Crippen molar-refractivity contribution >= 4 is 34.6 Å². The second-order valence-corrected chi connectivity index (χ2v) is 3.12. The minimum atomic E-state index is -1.20. The number of allylic oxidation sites excluding steroid dienone is 4. The van der Waals surface area contributed by atoms with E-state index >= 15 is 0 Å². The molecule has 0 aromatic heterocycles. The van der Waals surface area contributed by atoms with Crippen molar-refractivity contribution in [2.24, 2.45) is 10.1 Å². The Kier molecular flexibility index (Phi) is 22.9. The van der Waals surface area contributed by atoms with E-state index in [2.05, 4.69) is 15.0 Å². The molecule has 0 spiro atoms. The second-order valence-electron chi connectivity index (χ2n) is 2.36. The monoisotopic (exact) mass is 354 g/mol. The quantitative estimate of drug-likeness (QED) is 0.209. The van der Waals surface area contributed by atoms with E-state index in [4.69, 9.17) is 35.0 Å². The van der Waals surface area contributed by atoms with E-state index in [1.54, 1.807) is 0 Å². The van der Waals surface area contributed by atoms with E-state index < -0.39 is 33.1 Å². The summed E-state index contributed by atoms with van der Waals surface area (Å²) in [5.41, 5.74) is -1.42. The van der Waals surface area contributed by atoms with Crippen LogP contribution in [0.5, 0.6) is 0 Å². The molecule has 22 heavy (non-hydrogen) atoms. The van der Waals surface area contributed by atoms with Crippen LogP contribution in [0.1, 0.15) is 43.6 Å². The van der Waals surface area contributed by atoms with Crippen LogP contribution < -0.4 is 0 Å². The first-order chi connectivity index (χ1) is 8.54. The van der Waals surface area contributed by atoms with Gasteiger partial charge in [0, 0.05) is 0 Å². The van der Waals surface area contributed by atoms with Crippen molar-refractivity contribution in [1.82, 2.24) is 0 Å². The van der Waals surface area contributed by atoms with Crippen molar-refractivity contribution in [3.63, 3.8) is 0 Å². The van der Waals surface area contributed by atoms with Gasteiger partial charge in [-0.15, -0.1) is 4.95 Å².